The van der Waals surface area contributed by atoms with Crippen molar-refractivity contribution in [2.24, 2.45) is 10.7 Å². The van der Waals surface area contributed by atoms with Gasteiger partial charge in [0.1, 0.15) is 6.04 Å². The van der Waals surface area contributed by atoms with Gasteiger partial charge in [0.2, 0.25) is 5.90 Å². The lowest BCUT2D eigenvalue weighted by atomic mass is 10.0. The highest BCUT2D eigenvalue weighted by Gasteiger charge is 2.43. The minimum atomic E-state index is -2.07. The first-order valence-corrected chi connectivity index (χ1v) is 12.6. The second-order valence-electron chi connectivity index (χ2n) is 9.17. The highest BCUT2D eigenvalue weighted by atomic mass is 16.5. The van der Waals surface area contributed by atoms with Crippen molar-refractivity contribution in [2.75, 3.05) is 18.1 Å². The summed E-state index contributed by atoms with van der Waals surface area (Å²) in [6.45, 7) is 4.62. The maximum Gasteiger partial charge on any atom is 0.288 e. The Hall–Kier alpha value is -4.26. The molecule has 0 aliphatic carbocycles. The third-order valence-corrected chi connectivity index (χ3v) is 6.55. The summed E-state index contributed by atoms with van der Waals surface area (Å²) >= 11 is 0. The van der Waals surface area contributed by atoms with Crippen LogP contribution in [0, 0.1) is 5.41 Å². The van der Waals surface area contributed by atoms with Gasteiger partial charge in [-0.25, -0.2) is 10.4 Å². The molecular weight excluding hydrogens is 502 g/mol. The van der Waals surface area contributed by atoms with Gasteiger partial charge in [0.05, 0.1) is 11.7 Å². The van der Waals surface area contributed by atoms with E-state index in [1.807, 2.05) is 41.6 Å². The van der Waals surface area contributed by atoms with E-state index in [4.69, 9.17) is 15.9 Å². The lowest BCUT2D eigenvalue weighted by molar-refractivity contribution is -0.154. The number of aliphatic hydroxyl groups is 2. The van der Waals surface area contributed by atoms with E-state index in [0.29, 0.717) is 12.1 Å². The Balaban J connectivity index is 1.43. The van der Waals surface area contributed by atoms with E-state index in [-0.39, 0.29) is 18.5 Å². The first-order chi connectivity index (χ1) is 18.7. The zero-order chi connectivity index (χ0) is 28.1. The normalized spacial score (nSPS) is 18.9. The highest BCUT2D eigenvalue weighted by Crippen LogP contribution is 2.35. The lowest BCUT2D eigenvalue weighted by Gasteiger charge is -2.29. The highest BCUT2D eigenvalue weighted by molar-refractivity contribution is 5.97. The molecule has 1 unspecified atom stereocenters. The van der Waals surface area contributed by atoms with E-state index in [2.05, 4.69) is 15.7 Å². The standard InChI is InChI=1S/C27H33N7O5/c1-3-30-27(29)39-24(28)21-20-8-5-4-7-18(20)15-33(21)26(38)23(36)22(35)25(37)32-16(2)17-9-11-19(12-10-17)34-14-6-13-31-34/h4-12,14,16,21-23,28,31,35-36H,3,13,15H2,1-2H3,(H2,29,30)(H,32,37)/t16-,21?,22-,23-/m1/s1. The smallest absolute Gasteiger partial charge is 0.288 e. The Labute approximate surface area is 226 Å². The van der Waals surface area contributed by atoms with Crippen molar-refractivity contribution in [3.63, 3.8) is 0 Å². The minimum Gasteiger partial charge on any atom is -0.409 e. The molecule has 2 aliphatic rings. The fourth-order valence-electron chi connectivity index (χ4n) is 4.53. The van der Waals surface area contributed by atoms with Crippen LogP contribution in [0.2, 0.25) is 0 Å². The van der Waals surface area contributed by atoms with Crippen molar-refractivity contribution in [1.29, 1.82) is 5.41 Å². The average Bonchev–Trinajstić information content (AvgIpc) is 3.60. The fourth-order valence-corrected chi connectivity index (χ4v) is 4.53. The van der Waals surface area contributed by atoms with Gasteiger partial charge in [-0.05, 0) is 42.7 Å². The number of hydrazine groups is 1. The largest absolute Gasteiger partial charge is 0.409 e. The number of rotatable bonds is 8. The van der Waals surface area contributed by atoms with Crippen LogP contribution in [0.1, 0.15) is 42.6 Å². The van der Waals surface area contributed by atoms with Crippen LogP contribution in [0.3, 0.4) is 0 Å². The molecule has 39 heavy (non-hydrogen) atoms. The topological polar surface area (TPSA) is 177 Å². The van der Waals surface area contributed by atoms with Gasteiger partial charge in [0.15, 0.2) is 12.2 Å². The molecule has 0 radical (unpaired) electrons. The van der Waals surface area contributed by atoms with Crippen LogP contribution < -0.4 is 21.5 Å². The minimum absolute atomic E-state index is 0.0471. The van der Waals surface area contributed by atoms with Crippen molar-refractivity contribution < 1.29 is 24.5 Å². The fraction of sp³-hybridized carbons (Fsp3) is 0.333. The summed E-state index contributed by atoms with van der Waals surface area (Å²) in [5, 5.41) is 34.3. The van der Waals surface area contributed by atoms with E-state index >= 15 is 0 Å². The molecular formula is C27H33N7O5. The first kappa shape index (κ1) is 27.8. The number of ether oxygens (including phenoxy) is 1. The number of fused-ring (bicyclic) bond motifs is 1. The predicted octanol–water partition coefficient (Wildman–Crippen LogP) is 0.836. The molecule has 0 bridgehead atoms. The van der Waals surface area contributed by atoms with Crippen LogP contribution in [0.25, 0.3) is 0 Å². The summed E-state index contributed by atoms with van der Waals surface area (Å²) in [4.78, 5) is 31.2. The van der Waals surface area contributed by atoms with Crippen molar-refractivity contribution in [1.82, 2.24) is 15.6 Å². The van der Waals surface area contributed by atoms with Crippen molar-refractivity contribution in [2.45, 2.75) is 44.7 Å². The molecule has 4 atom stereocenters. The van der Waals surface area contributed by atoms with Gasteiger partial charge in [0, 0.05) is 25.8 Å². The molecule has 0 aromatic heterocycles. The van der Waals surface area contributed by atoms with Crippen LogP contribution in [-0.2, 0) is 20.9 Å². The molecule has 2 aliphatic heterocycles. The maximum atomic E-state index is 13.3. The molecule has 7 N–H and O–H groups in total. The number of aliphatic imine (C=N–C) groups is 1. The van der Waals surface area contributed by atoms with Gasteiger partial charge in [-0.2, -0.15) is 0 Å². The number of nitrogens with two attached hydrogens (primary N) is 1. The molecule has 206 valence electrons. The second-order valence-corrected chi connectivity index (χ2v) is 9.17. The summed E-state index contributed by atoms with van der Waals surface area (Å²) in [6, 6.07) is 12.8. The monoisotopic (exact) mass is 535 g/mol. The van der Waals surface area contributed by atoms with Crippen molar-refractivity contribution in [3.8, 4) is 0 Å². The van der Waals surface area contributed by atoms with Gasteiger partial charge in [-0.1, -0.05) is 42.5 Å². The number of amidine groups is 1. The first-order valence-electron chi connectivity index (χ1n) is 12.6. The second kappa shape index (κ2) is 12.1. The SMILES string of the molecule is CCN=C(N)OC(=N)C1c2ccccc2CN1C(=O)[C@H](O)[C@@H](O)C(=O)N[C@H](C)c1ccc(N2C=CCN2)cc1. The predicted molar refractivity (Wildman–Crippen MR) is 145 cm³/mol. The van der Waals surface area contributed by atoms with Gasteiger partial charge in [-0.15, -0.1) is 0 Å². The molecule has 2 aromatic carbocycles. The zero-order valence-corrected chi connectivity index (χ0v) is 21.7. The molecule has 0 saturated carbocycles. The summed E-state index contributed by atoms with van der Waals surface area (Å²) in [5.74, 6) is -2.21. The van der Waals surface area contributed by atoms with Crippen molar-refractivity contribution in [3.05, 3.63) is 77.5 Å². The Bertz CT molecular complexity index is 1280. The Morgan fingerprint density at radius 1 is 1.21 bits per heavy atom. The number of carbonyl (C=O) groups is 2. The number of hydrogen-bond acceptors (Lipinski definition) is 9. The molecule has 0 saturated heterocycles. The maximum absolute atomic E-state index is 13.3. The van der Waals surface area contributed by atoms with Gasteiger partial charge in [-0.3, -0.25) is 20.0 Å². The molecule has 0 spiro atoms. The van der Waals surface area contributed by atoms with E-state index in [9.17, 15) is 19.8 Å². The van der Waals surface area contributed by atoms with E-state index in [1.165, 1.54) is 4.90 Å². The third kappa shape index (κ3) is 6.08. The summed E-state index contributed by atoms with van der Waals surface area (Å²) in [6.07, 6.45) is -0.206. The summed E-state index contributed by atoms with van der Waals surface area (Å²) in [7, 11) is 0. The van der Waals surface area contributed by atoms with Crippen LogP contribution in [0.5, 0.6) is 0 Å². The van der Waals surface area contributed by atoms with Crippen LogP contribution in [-0.4, -0.2) is 64.1 Å². The molecule has 2 amide bonds. The van der Waals surface area contributed by atoms with Gasteiger partial charge < -0.3 is 30.9 Å². The number of carbonyl (C=O) groups excluding carboxylic acids is 2. The van der Waals surface area contributed by atoms with E-state index < -0.39 is 36.1 Å². The number of anilines is 1. The Morgan fingerprint density at radius 3 is 2.59 bits per heavy atom. The van der Waals surface area contributed by atoms with Crippen LogP contribution >= 0.6 is 0 Å². The van der Waals surface area contributed by atoms with E-state index in [1.54, 1.807) is 38.1 Å². The lowest BCUT2D eigenvalue weighted by Crippen LogP contribution is -2.51. The number of nitrogens with zero attached hydrogens (tertiary/aromatic N) is 3. The summed E-state index contributed by atoms with van der Waals surface area (Å²) < 4.78 is 5.33. The molecule has 4 rings (SSSR count). The van der Waals surface area contributed by atoms with Crippen LogP contribution in [0.4, 0.5) is 5.69 Å². The Kier molecular flexibility index (Phi) is 8.59. The number of benzene rings is 2. The quantitative estimate of drug-likeness (QED) is 0.213. The average molecular weight is 536 g/mol. The van der Waals surface area contributed by atoms with Crippen LogP contribution in [0.15, 0.2) is 65.8 Å². The Morgan fingerprint density at radius 2 is 1.92 bits per heavy atom. The third-order valence-electron chi connectivity index (χ3n) is 6.55. The van der Waals surface area contributed by atoms with Gasteiger partial charge in [0.25, 0.3) is 17.8 Å². The van der Waals surface area contributed by atoms with E-state index in [0.717, 1.165) is 23.4 Å². The molecule has 2 aromatic rings. The molecule has 12 heteroatoms. The summed E-state index contributed by atoms with van der Waals surface area (Å²) in [5.41, 5.74) is 11.9. The zero-order valence-electron chi connectivity index (χ0n) is 21.7. The molecule has 2 heterocycles. The molecule has 0 fully saturated rings. The number of aliphatic hydroxyl groups excluding tert-OH is 2. The van der Waals surface area contributed by atoms with Gasteiger partial charge >= 0.3 is 0 Å². The number of nitrogens with one attached hydrogen (secondary N) is 3. The number of amides is 2. The van der Waals surface area contributed by atoms with Crippen molar-refractivity contribution >= 4 is 29.4 Å². The number of hydrogen-bond donors (Lipinski definition) is 6. The molecule has 12 nitrogen and oxygen atoms in total.